The number of piperidine rings is 1. The molecule has 1 aliphatic heterocycles. The Kier molecular flexibility index (Phi) is 5.23. The first kappa shape index (κ1) is 15.8. The molecular formula is C17H26N2O2. The summed E-state index contributed by atoms with van der Waals surface area (Å²) in [7, 11) is 0. The Bertz CT molecular complexity index is 487. The molecule has 0 radical (unpaired) electrons. The quantitative estimate of drug-likeness (QED) is 0.906. The highest BCUT2D eigenvalue weighted by atomic mass is 16.5. The number of likely N-dealkylation sites (tertiary alicyclic amines) is 1. The van der Waals surface area contributed by atoms with Gasteiger partial charge in [0.1, 0.15) is 5.75 Å². The Hall–Kier alpha value is -1.55. The van der Waals surface area contributed by atoms with Gasteiger partial charge in [-0.15, -0.1) is 0 Å². The summed E-state index contributed by atoms with van der Waals surface area (Å²) in [6.45, 7) is 7.82. The lowest BCUT2D eigenvalue weighted by Gasteiger charge is -2.37. The summed E-state index contributed by atoms with van der Waals surface area (Å²) in [5.41, 5.74) is 6.64. The largest absolute Gasteiger partial charge is 0.491 e. The molecule has 2 atom stereocenters. The number of ether oxygens (including phenoxy) is 1. The second-order valence-electron chi connectivity index (χ2n) is 6.23. The van der Waals surface area contributed by atoms with Gasteiger partial charge in [-0.2, -0.15) is 0 Å². The van der Waals surface area contributed by atoms with Crippen molar-refractivity contribution in [1.82, 2.24) is 4.90 Å². The second kappa shape index (κ2) is 6.94. The molecule has 1 aromatic carbocycles. The number of hydrogen-bond acceptors (Lipinski definition) is 3. The van der Waals surface area contributed by atoms with E-state index >= 15 is 0 Å². The summed E-state index contributed by atoms with van der Waals surface area (Å²) >= 11 is 0. The molecule has 1 saturated heterocycles. The number of hydrogen-bond donors (Lipinski definition) is 1. The highest BCUT2D eigenvalue weighted by Crippen LogP contribution is 2.27. The zero-order valence-electron chi connectivity index (χ0n) is 13.2. The SMILES string of the molecule is CC(C)Oc1ccccc1CN1C[C@H](C(N)=O)CC[C@@H]1C. The van der Waals surface area contributed by atoms with Gasteiger partial charge < -0.3 is 10.5 Å². The van der Waals surface area contributed by atoms with Crippen LogP contribution in [0, 0.1) is 5.92 Å². The normalized spacial score (nSPS) is 23.2. The number of nitrogens with zero attached hydrogens (tertiary/aromatic N) is 1. The van der Waals surface area contributed by atoms with Crippen molar-refractivity contribution in [2.75, 3.05) is 6.54 Å². The van der Waals surface area contributed by atoms with Crippen LogP contribution in [0.4, 0.5) is 0 Å². The highest BCUT2D eigenvalue weighted by Gasteiger charge is 2.29. The van der Waals surface area contributed by atoms with Gasteiger partial charge in [0.05, 0.1) is 12.0 Å². The predicted octanol–water partition coefficient (Wildman–Crippen LogP) is 2.56. The number of carbonyl (C=O) groups is 1. The maximum atomic E-state index is 11.4. The van der Waals surface area contributed by atoms with Crippen molar-refractivity contribution in [2.45, 2.75) is 52.3 Å². The maximum absolute atomic E-state index is 11.4. The van der Waals surface area contributed by atoms with Gasteiger partial charge >= 0.3 is 0 Å². The van der Waals surface area contributed by atoms with Crippen molar-refractivity contribution in [3.63, 3.8) is 0 Å². The van der Waals surface area contributed by atoms with Crippen molar-refractivity contribution in [3.8, 4) is 5.75 Å². The van der Waals surface area contributed by atoms with Gasteiger partial charge in [-0.1, -0.05) is 18.2 Å². The van der Waals surface area contributed by atoms with E-state index in [2.05, 4.69) is 17.9 Å². The molecule has 0 saturated carbocycles. The Balaban J connectivity index is 2.11. The van der Waals surface area contributed by atoms with Crippen LogP contribution in [0.5, 0.6) is 5.75 Å². The fraction of sp³-hybridized carbons (Fsp3) is 0.588. The number of primary amides is 1. The molecule has 21 heavy (non-hydrogen) atoms. The topological polar surface area (TPSA) is 55.6 Å². The van der Waals surface area contributed by atoms with Gasteiger partial charge in [0.25, 0.3) is 0 Å². The molecule has 1 fully saturated rings. The Morgan fingerprint density at radius 3 is 2.76 bits per heavy atom. The molecule has 0 aromatic heterocycles. The molecule has 2 rings (SSSR count). The third kappa shape index (κ3) is 4.21. The van der Waals surface area contributed by atoms with Crippen LogP contribution in [0.15, 0.2) is 24.3 Å². The van der Waals surface area contributed by atoms with Crippen LogP contribution in [-0.2, 0) is 11.3 Å². The van der Waals surface area contributed by atoms with E-state index in [1.54, 1.807) is 0 Å². The molecule has 2 N–H and O–H groups in total. The number of para-hydroxylation sites is 1. The Morgan fingerprint density at radius 1 is 1.38 bits per heavy atom. The van der Waals surface area contributed by atoms with E-state index in [-0.39, 0.29) is 17.9 Å². The summed E-state index contributed by atoms with van der Waals surface area (Å²) < 4.78 is 5.88. The third-order valence-corrected chi connectivity index (χ3v) is 4.12. The van der Waals surface area contributed by atoms with Crippen molar-refractivity contribution in [2.24, 2.45) is 11.7 Å². The van der Waals surface area contributed by atoms with Gasteiger partial charge in [0.2, 0.25) is 5.91 Å². The first-order valence-corrected chi connectivity index (χ1v) is 7.75. The minimum absolute atomic E-state index is 0.0284. The van der Waals surface area contributed by atoms with Crippen LogP contribution in [0.2, 0.25) is 0 Å². The summed E-state index contributed by atoms with van der Waals surface area (Å²) in [6.07, 6.45) is 2.07. The number of nitrogens with two attached hydrogens (primary N) is 1. The van der Waals surface area contributed by atoms with Gasteiger partial charge in [0, 0.05) is 24.7 Å². The van der Waals surface area contributed by atoms with Crippen LogP contribution in [0.3, 0.4) is 0 Å². The first-order chi connectivity index (χ1) is 9.97. The van der Waals surface area contributed by atoms with Gasteiger partial charge in [-0.3, -0.25) is 9.69 Å². The van der Waals surface area contributed by atoms with E-state index in [0.717, 1.165) is 31.7 Å². The van der Waals surface area contributed by atoms with Crippen LogP contribution < -0.4 is 10.5 Å². The minimum atomic E-state index is -0.182. The molecule has 0 aliphatic carbocycles. The van der Waals surface area contributed by atoms with Gasteiger partial charge in [0.15, 0.2) is 0 Å². The van der Waals surface area contributed by atoms with Crippen LogP contribution in [0.25, 0.3) is 0 Å². The van der Waals surface area contributed by atoms with E-state index in [0.29, 0.717) is 6.04 Å². The number of amides is 1. The first-order valence-electron chi connectivity index (χ1n) is 7.75. The number of benzene rings is 1. The zero-order valence-corrected chi connectivity index (χ0v) is 13.2. The number of carbonyl (C=O) groups excluding carboxylic acids is 1. The molecule has 1 aliphatic rings. The number of rotatable bonds is 5. The van der Waals surface area contributed by atoms with E-state index < -0.39 is 0 Å². The van der Waals surface area contributed by atoms with E-state index in [1.807, 2.05) is 32.0 Å². The van der Waals surface area contributed by atoms with Crippen molar-refractivity contribution >= 4 is 5.91 Å². The zero-order chi connectivity index (χ0) is 15.4. The van der Waals surface area contributed by atoms with Crippen LogP contribution >= 0.6 is 0 Å². The fourth-order valence-corrected chi connectivity index (χ4v) is 2.85. The fourth-order valence-electron chi connectivity index (χ4n) is 2.85. The Labute approximate surface area is 127 Å². The molecule has 0 unspecified atom stereocenters. The minimum Gasteiger partial charge on any atom is -0.491 e. The highest BCUT2D eigenvalue weighted by molar-refractivity contribution is 5.77. The van der Waals surface area contributed by atoms with Crippen LogP contribution in [0.1, 0.15) is 39.2 Å². The van der Waals surface area contributed by atoms with Gasteiger partial charge in [-0.05, 0) is 39.7 Å². The van der Waals surface area contributed by atoms with Crippen LogP contribution in [-0.4, -0.2) is 29.5 Å². The van der Waals surface area contributed by atoms with Gasteiger partial charge in [-0.25, -0.2) is 0 Å². The lowest BCUT2D eigenvalue weighted by molar-refractivity contribution is -0.124. The van der Waals surface area contributed by atoms with Crippen molar-refractivity contribution in [3.05, 3.63) is 29.8 Å². The molecule has 1 aromatic rings. The molecule has 4 nitrogen and oxygen atoms in total. The summed E-state index contributed by atoms with van der Waals surface area (Å²) in [6, 6.07) is 8.59. The molecule has 1 heterocycles. The average Bonchev–Trinajstić information content (AvgIpc) is 2.42. The predicted molar refractivity (Wildman–Crippen MR) is 84.0 cm³/mol. The summed E-state index contributed by atoms with van der Waals surface area (Å²) in [5.74, 6) is 0.721. The summed E-state index contributed by atoms with van der Waals surface area (Å²) in [4.78, 5) is 13.8. The Morgan fingerprint density at radius 2 is 2.10 bits per heavy atom. The monoisotopic (exact) mass is 290 g/mol. The van der Waals surface area contributed by atoms with E-state index in [1.165, 1.54) is 5.56 Å². The molecule has 0 spiro atoms. The second-order valence-corrected chi connectivity index (χ2v) is 6.23. The van der Waals surface area contributed by atoms with E-state index in [9.17, 15) is 4.79 Å². The van der Waals surface area contributed by atoms with Crippen molar-refractivity contribution in [1.29, 1.82) is 0 Å². The standard InChI is InChI=1S/C17H26N2O2/c1-12(2)21-16-7-5-4-6-14(16)10-19-11-15(17(18)20)9-8-13(19)3/h4-7,12-13,15H,8-11H2,1-3H3,(H2,18,20)/t13-,15+/m0/s1. The lowest BCUT2D eigenvalue weighted by atomic mass is 9.92. The van der Waals surface area contributed by atoms with Crippen molar-refractivity contribution < 1.29 is 9.53 Å². The lowest BCUT2D eigenvalue weighted by Crippen LogP contribution is -2.45. The summed E-state index contributed by atoms with van der Waals surface area (Å²) in [5, 5.41) is 0. The third-order valence-electron chi connectivity index (χ3n) is 4.12. The maximum Gasteiger partial charge on any atom is 0.221 e. The smallest absolute Gasteiger partial charge is 0.221 e. The van der Waals surface area contributed by atoms with E-state index in [4.69, 9.17) is 10.5 Å². The molecular weight excluding hydrogens is 264 g/mol. The average molecular weight is 290 g/mol. The molecule has 4 heteroatoms. The molecule has 1 amide bonds. The molecule has 116 valence electrons. The molecule has 0 bridgehead atoms.